The summed E-state index contributed by atoms with van der Waals surface area (Å²) in [4.78, 5) is 15.2. The molecule has 1 aliphatic rings. The number of benzene rings is 2. The highest BCUT2D eigenvalue weighted by Gasteiger charge is 2.28. The number of amides is 1. The van der Waals surface area contributed by atoms with Gasteiger partial charge in [0.05, 0.1) is 17.7 Å². The van der Waals surface area contributed by atoms with E-state index < -0.39 is 11.6 Å². The van der Waals surface area contributed by atoms with Crippen molar-refractivity contribution in [1.29, 1.82) is 0 Å². The van der Waals surface area contributed by atoms with E-state index in [0.29, 0.717) is 55.8 Å². The highest BCUT2D eigenvalue weighted by Crippen LogP contribution is 2.33. The third-order valence-electron chi connectivity index (χ3n) is 6.47. The fraction of sp³-hybridized carbons (Fsp3) is 0.400. The zero-order valence-electron chi connectivity index (χ0n) is 18.9. The first-order valence-electron chi connectivity index (χ1n) is 11.0. The zero-order valence-corrected chi connectivity index (χ0v) is 19.8. The number of hydrogen-bond donors (Lipinski definition) is 1. The van der Waals surface area contributed by atoms with E-state index in [2.05, 4.69) is 4.57 Å². The number of aryl methyl sites for hydroxylation is 1. The minimum atomic E-state index is -0.610. The third kappa shape index (κ3) is 4.90. The second-order valence-corrected chi connectivity index (χ2v) is 8.44. The van der Waals surface area contributed by atoms with Gasteiger partial charge in [-0.05, 0) is 42.9 Å². The van der Waals surface area contributed by atoms with Gasteiger partial charge >= 0.3 is 0 Å². The van der Waals surface area contributed by atoms with Crippen LogP contribution in [0.1, 0.15) is 45.8 Å². The summed E-state index contributed by atoms with van der Waals surface area (Å²) in [6.07, 6.45) is 3.16. The average Bonchev–Trinajstić information content (AvgIpc) is 3.17. The number of fused-ring (bicyclic) bond motifs is 1. The summed E-state index contributed by atoms with van der Waals surface area (Å²) >= 11 is 0. The molecule has 2 aromatic carbocycles. The molecule has 178 valence electrons. The van der Waals surface area contributed by atoms with Gasteiger partial charge in [0.2, 0.25) is 0 Å². The molecule has 0 unspecified atom stereocenters. The first kappa shape index (κ1) is 25.1. The second-order valence-electron chi connectivity index (χ2n) is 8.44. The maximum Gasteiger partial charge on any atom is 0.256 e. The van der Waals surface area contributed by atoms with Crippen LogP contribution >= 0.6 is 12.4 Å². The molecule has 2 heterocycles. The molecule has 2 N–H and O–H groups in total. The molecule has 0 saturated carbocycles. The predicted octanol–water partition coefficient (Wildman–Crippen LogP) is 4.77. The van der Waals surface area contributed by atoms with Gasteiger partial charge in [0, 0.05) is 56.5 Å². The Morgan fingerprint density at radius 3 is 2.58 bits per heavy atom. The van der Waals surface area contributed by atoms with E-state index in [0.717, 1.165) is 22.5 Å². The number of rotatable bonds is 6. The van der Waals surface area contributed by atoms with Crippen molar-refractivity contribution in [2.75, 3.05) is 26.8 Å². The van der Waals surface area contributed by atoms with Crippen LogP contribution in [0.15, 0.2) is 36.5 Å². The number of ether oxygens (including phenoxy) is 1. The van der Waals surface area contributed by atoms with Gasteiger partial charge < -0.3 is 19.9 Å². The van der Waals surface area contributed by atoms with Crippen LogP contribution in [0, 0.1) is 18.6 Å². The molecule has 1 saturated heterocycles. The lowest BCUT2D eigenvalue weighted by molar-refractivity contribution is 0.0714. The quantitative estimate of drug-likeness (QED) is 0.556. The van der Waals surface area contributed by atoms with Crippen LogP contribution < -0.4 is 5.73 Å². The highest BCUT2D eigenvalue weighted by molar-refractivity contribution is 6.07. The first-order chi connectivity index (χ1) is 15.4. The van der Waals surface area contributed by atoms with Crippen molar-refractivity contribution in [3.8, 4) is 0 Å². The van der Waals surface area contributed by atoms with E-state index in [4.69, 9.17) is 10.5 Å². The number of methoxy groups -OCH3 is 1. The van der Waals surface area contributed by atoms with Crippen molar-refractivity contribution < 1.29 is 18.3 Å². The number of aromatic nitrogens is 1. The van der Waals surface area contributed by atoms with Gasteiger partial charge in [0.1, 0.15) is 11.6 Å². The van der Waals surface area contributed by atoms with Crippen LogP contribution in [0.3, 0.4) is 0 Å². The molecule has 0 atom stereocenters. The Morgan fingerprint density at radius 2 is 1.91 bits per heavy atom. The smallest absolute Gasteiger partial charge is 0.256 e. The topological polar surface area (TPSA) is 60.5 Å². The summed E-state index contributed by atoms with van der Waals surface area (Å²) in [6.45, 7) is 4.34. The molecular formula is C25H30ClF2N3O2. The number of carbonyl (C=O) groups excluding carboxylic acids is 1. The van der Waals surface area contributed by atoms with Crippen LogP contribution in [-0.4, -0.2) is 42.2 Å². The van der Waals surface area contributed by atoms with Crippen LogP contribution in [0.5, 0.6) is 0 Å². The molecule has 0 aliphatic carbocycles. The van der Waals surface area contributed by atoms with Crippen molar-refractivity contribution in [2.45, 2.75) is 38.8 Å². The van der Waals surface area contributed by atoms with E-state index in [-0.39, 0.29) is 30.8 Å². The number of halogens is 3. The monoisotopic (exact) mass is 477 g/mol. The largest absolute Gasteiger partial charge is 0.383 e. The van der Waals surface area contributed by atoms with Gasteiger partial charge in [-0.3, -0.25) is 4.79 Å². The highest BCUT2D eigenvalue weighted by atomic mass is 35.5. The molecule has 5 nitrogen and oxygen atoms in total. The van der Waals surface area contributed by atoms with Crippen molar-refractivity contribution >= 4 is 29.2 Å². The number of piperidine rings is 1. The van der Waals surface area contributed by atoms with E-state index in [1.807, 2.05) is 36.2 Å². The van der Waals surface area contributed by atoms with Gasteiger partial charge in [-0.25, -0.2) is 8.78 Å². The lowest BCUT2D eigenvalue weighted by Crippen LogP contribution is -2.38. The molecule has 1 fully saturated rings. The maximum absolute atomic E-state index is 14.4. The SMILES string of the molecule is COCCn1cc(C(=O)N2CCC(c3cc(CN)c(F)cc3F)CC2)c2cccc(C)c21.Cl. The van der Waals surface area contributed by atoms with Gasteiger partial charge in [0.25, 0.3) is 5.91 Å². The maximum atomic E-state index is 14.4. The Labute approximate surface area is 198 Å². The lowest BCUT2D eigenvalue weighted by Gasteiger charge is -2.32. The normalized spacial score (nSPS) is 14.5. The van der Waals surface area contributed by atoms with Crippen molar-refractivity contribution in [3.05, 3.63) is 70.4 Å². The number of likely N-dealkylation sites (tertiary alicyclic amines) is 1. The van der Waals surface area contributed by atoms with Gasteiger partial charge in [-0.2, -0.15) is 0 Å². The van der Waals surface area contributed by atoms with Crippen molar-refractivity contribution in [1.82, 2.24) is 9.47 Å². The van der Waals surface area contributed by atoms with Gasteiger partial charge in [-0.1, -0.05) is 18.2 Å². The van der Waals surface area contributed by atoms with Gasteiger partial charge in [-0.15, -0.1) is 12.4 Å². The van der Waals surface area contributed by atoms with E-state index in [1.165, 1.54) is 0 Å². The summed E-state index contributed by atoms with van der Waals surface area (Å²) in [6, 6.07) is 8.45. The van der Waals surface area contributed by atoms with Crippen LogP contribution in [0.2, 0.25) is 0 Å². The molecular weight excluding hydrogens is 448 g/mol. The Bertz CT molecular complexity index is 1140. The number of para-hydroxylation sites is 1. The van der Waals surface area contributed by atoms with Crippen molar-refractivity contribution in [2.24, 2.45) is 5.73 Å². The zero-order chi connectivity index (χ0) is 22.8. The molecule has 1 aliphatic heterocycles. The van der Waals surface area contributed by atoms with Gasteiger partial charge in [0.15, 0.2) is 0 Å². The first-order valence-corrected chi connectivity index (χ1v) is 11.0. The third-order valence-corrected chi connectivity index (χ3v) is 6.47. The summed E-state index contributed by atoms with van der Waals surface area (Å²) in [5, 5.41) is 0.936. The van der Waals surface area contributed by atoms with E-state index in [9.17, 15) is 13.6 Å². The van der Waals surface area contributed by atoms with Crippen LogP contribution in [0.25, 0.3) is 10.9 Å². The Morgan fingerprint density at radius 1 is 1.18 bits per heavy atom. The summed E-state index contributed by atoms with van der Waals surface area (Å²) in [7, 11) is 1.66. The Balaban J connectivity index is 0.00000306. The number of carbonyl (C=O) groups is 1. The molecule has 4 rings (SSSR count). The average molecular weight is 478 g/mol. The molecule has 8 heteroatoms. The molecule has 0 spiro atoms. The van der Waals surface area contributed by atoms with E-state index in [1.54, 1.807) is 13.2 Å². The Hall–Kier alpha value is -2.48. The van der Waals surface area contributed by atoms with Crippen LogP contribution in [-0.2, 0) is 17.8 Å². The standard InChI is InChI=1S/C25H29F2N3O2.ClH/c1-16-4-3-5-19-21(15-30(24(16)19)10-11-32-2)25(31)29-8-6-17(7-9-29)20-12-18(14-28)22(26)13-23(20)27;/h3-5,12-13,15,17H,6-11,14,28H2,1-2H3;1H. The van der Waals surface area contributed by atoms with Crippen LogP contribution in [0.4, 0.5) is 8.78 Å². The molecule has 1 amide bonds. The summed E-state index contributed by atoms with van der Waals surface area (Å²) < 4.78 is 35.5. The molecule has 1 aromatic heterocycles. The molecule has 0 radical (unpaired) electrons. The van der Waals surface area contributed by atoms with E-state index >= 15 is 0 Å². The Kier molecular flexibility index (Phi) is 8.10. The molecule has 33 heavy (non-hydrogen) atoms. The number of nitrogens with zero attached hydrogens (tertiary/aromatic N) is 2. The second kappa shape index (κ2) is 10.6. The van der Waals surface area contributed by atoms with Crippen molar-refractivity contribution in [3.63, 3.8) is 0 Å². The number of hydrogen-bond acceptors (Lipinski definition) is 3. The number of nitrogens with two attached hydrogens (primary N) is 1. The molecule has 3 aromatic rings. The predicted molar refractivity (Wildman–Crippen MR) is 128 cm³/mol. The summed E-state index contributed by atoms with van der Waals surface area (Å²) in [5.41, 5.74) is 9.23. The molecule has 0 bridgehead atoms. The summed E-state index contributed by atoms with van der Waals surface area (Å²) in [5.74, 6) is -1.23. The minimum Gasteiger partial charge on any atom is -0.383 e. The fourth-order valence-electron chi connectivity index (χ4n) is 4.73. The lowest BCUT2D eigenvalue weighted by atomic mass is 9.87. The fourth-order valence-corrected chi connectivity index (χ4v) is 4.73. The minimum absolute atomic E-state index is 0.